The molecule has 0 fully saturated rings. The standard InChI is InChI=1S/C14H17N3O2S/c1-8-7-16-13(20-8)9(2)17-12-6-10(14(18)19-3)4-5-11(12)15/h4-7,9,17H,15H2,1-3H3. The van der Waals surface area contributed by atoms with Crippen LogP contribution in [-0.2, 0) is 4.74 Å². The van der Waals surface area contributed by atoms with Gasteiger partial charge >= 0.3 is 5.97 Å². The van der Waals surface area contributed by atoms with Crippen LogP contribution in [0.3, 0.4) is 0 Å². The number of rotatable bonds is 4. The van der Waals surface area contributed by atoms with Crippen LogP contribution in [0, 0.1) is 6.92 Å². The lowest BCUT2D eigenvalue weighted by Gasteiger charge is -2.15. The Kier molecular flexibility index (Phi) is 4.24. The maximum atomic E-state index is 11.5. The van der Waals surface area contributed by atoms with Crippen LogP contribution in [0.1, 0.15) is 33.2 Å². The van der Waals surface area contributed by atoms with Gasteiger partial charge in [0.15, 0.2) is 0 Å². The molecule has 1 aromatic carbocycles. The summed E-state index contributed by atoms with van der Waals surface area (Å²) in [6.45, 7) is 4.02. The zero-order valence-corrected chi connectivity index (χ0v) is 12.5. The molecule has 0 spiro atoms. The topological polar surface area (TPSA) is 77.2 Å². The predicted octanol–water partition coefficient (Wildman–Crippen LogP) is 2.99. The Bertz CT molecular complexity index is 625. The summed E-state index contributed by atoms with van der Waals surface area (Å²) in [4.78, 5) is 17.0. The van der Waals surface area contributed by atoms with Gasteiger partial charge in [-0.25, -0.2) is 9.78 Å². The lowest BCUT2D eigenvalue weighted by molar-refractivity contribution is 0.0601. The summed E-state index contributed by atoms with van der Waals surface area (Å²) in [5.41, 5.74) is 7.68. The van der Waals surface area contributed by atoms with Crippen LogP contribution in [0.4, 0.5) is 11.4 Å². The number of ether oxygens (including phenoxy) is 1. The Labute approximate surface area is 121 Å². The van der Waals surface area contributed by atoms with Gasteiger partial charge in [-0.1, -0.05) is 0 Å². The number of hydrogen-bond acceptors (Lipinski definition) is 6. The van der Waals surface area contributed by atoms with E-state index in [4.69, 9.17) is 10.5 Å². The summed E-state index contributed by atoms with van der Waals surface area (Å²) in [5, 5.41) is 4.25. The molecule has 0 aliphatic carbocycles. The zero-order valence-electron chi connectivity index (χ0n) is 11.6. The van der Waals surface area contributed by atoms with Crippen molar-refractivity contribution in [3.8, 4) is 0 Å². The van der Waals surface area contributed by atoms with Crippen LogP contribution in [0.25, 0.3) is 0 Å². The second-order valence-corrected chi connectivity index (χ2v) is 5.74. The van der Waals surface area contributed by atoms with E-state index < -0.39 is 0 Å². The number of nitrogen functional groups attached to an aromatic ring is 1. The van der Waals surface area contributed by atoms with E-state index in [1.54, 1.807) is 29.5 Å². The van der Waals surface area contributed by atoms with Crippen LogP contribution in [-0.4, -0.2) is 18.1 Å². The molecule has 2 aromatic rings. The molecule has 3 N–H and O–H groups in total. The first-order chi connectivity index (χ1) is 9.51. The van der Waals surface area contributed by atoms with E-state index in [0.29, 0.717) is 16.9 Å². The van der Waals surface area contributed by atoms with E-state index in [1.807, 2.05) is 20.0 Å². The summed E-state index contributed by atoms with van der Waals surface area (Å²) in [6.07, 6.45) is 1.84. The summed E-state index contributed by atoms with van der Waals surface area (Å²) in [5.74, 6) is -0.384. The van der Waals surface area contributed by atoms with Gasteiger partial charge in [-0.3, -0.25) is 0 Å². The quantitative estimate of drug-likeness (QED) is 0.669. The zero-order chi connectivity index (χ0) is 14.7. The lowest BCUT2D eigenvalue weighted by Crippen LogP contribution is -2.10. The summed E-state index contributed by atoms with van der Waals surface area (Å²) >= 11 is 1.63. The molecular formula is C14H17N3O2S. The first-order valence-electron chi connectivity index (χ1n) is 6.18. The van der Waals surface area contributed by atoms with Gasteiger partial charge in [0, 0.05) is 11.1 Å². The third kappa shape index (κ3) is 3.08. The molecule has 5 nitrogen and oxygen atoms in total. The Hall–Kier alpha value is -2.08. The van der Waals surface area contributed by atoms with Gasteiger partial charge in [0.05, 0.1) is 30.1 Å². The molecule has 0 saturated carbocycles. The highest BCUT2D eigenvalue weighted by Gasteiger charge is 2.13. The van der Waals surface area contributed by atoms with Crippen molar-refractivity contribution in [1.82, 2.24) is 4.98 Å². The number of esters is 1. The number of benzene rings is 1. The van der Waals surface area contributed by atoms with E-state index in [2.05, 4.69) is 10.3 Å². The maximum absolute atomic E-state index is 11.5. The molecule has 6 heteroatoms. The smallest absolute Gasteiger partial charge is 0.337 e. The molecule has 0 aliphatic rings. The molecule has 1 atom stereocenters. The van der Waals surface area contributed by atoms with Crippen molar-refractivity contribution in [3.05, 3.63) is 39.8 Å². The third-order valence-corrected chi connectivity index (χ3v) is 3.95. The van der Waals surface area contributed by atoms with Crippen molar-refractivity contribution < 1.29 is 9.53 Å². The molecule has 0 radical (unpaired) electrons. The Morgan fingerprint density at radius 3 is 2.85 bits per heavy atom. The normalized spacial score (nSPS) is 11.9. The number of nitrogens with zero attached hydrogens (tertiary/aromatic N) is 1. The van der Waals surface area contributed by atoms with Crippen LogP contribution >= 0.6 is 11.3 Å². The number of nitrogens with one attached hydrogen (secondary N) is 1. The van der Waals surface area contributed by atoms with Gasteiger partial charge in [0.2, 0.25) is 0 Å². The van der Waals surface area contributed by atoms with Crippen molar-refractivity contribution in [2.24, 2.45) is 0 Å². The molecule has 1 unspecified atom stereocenters. The number of thiazole rings is 1. The monoisotopic (exact) mass is 291 g/mol. The number of aromatic nitrogens is 1. The predicted molar refractivity (Wildman–Crippen MR) is 81.1 cm³/mol. The third-order valence-electron chi connectivity index (χ3n) is 2.86. The highest BCUT2D eigenvalue weighted by atomic mass is 32.1. The first kappa shape index (κ1) is 14.3. The number of anilines is 2. The van der Waals surface area contributed by atoms with Crippen LogP contribution < -0.4 is 11.1 Å². The number of carbonyl (C=O) groups is 1. The average molecular weight is 291 g/mol. The number of nitrogens with two attached hydrogens (primary N) is 1. The minimum Gasteiger partial charge on any atom is -0.465 e. The lowest BCUT2D eigenvalue weighted by atomic mass is 10.1. The van der Waals surface area contributed by atoms with Gasteiger partial charge in [-0.15, -0.1) is 11.3 Å². The molecular weight excluding hydrogens is 274 g/mol. The highest BCUT2D eigenvalue weighted by Crippen LogP contribution is 2.27. The van der Waals surface area contributed by atoms with Crippen LogP contribution in [0.2, 0.25) is 0 Å². The highest BCUT2D eigenvalue weighted by molar-refractivity contribution is 7.11. The van der Waals surface area contributed by atoms with Crippen molar-refractivity contribution in [2.75, 3.05) is 18.2 Å². The van der Waals surface area contributed by atoms with Crippen LogP contribution in [0.15, 0.2) is 24.4 Å². The number of hydrogen-bond donors (Lipinski definition) is 2. The maximum Gasteiger partial charge on any atom is 0.337 e. The van der Waals surface area contributed by atoms with Gasteiger partial charge in [-0.05, 0) is 32.0 Å². The number of methoxy groups -OCH3 is 1. The van der Waals surface area contributed by atoms with E-state index in [1.165, 1.54) is 7.11 Å². The molecule has 2 rings (SSSR count). The Morgan fingerprint density at radius 1 is 1.50 bits per heavy atom. The Balaban J connectivity index is 2.22. The van der Waals surface area contributed by atoms with Crippen molar-refractivity contribution >= 4 is 28.7 Å². The van der Waals surface area contributed by atoms with Gasteiger partial charge in [0.25, 0.3) is 0 Å². The SMILES string of the molecule is COC(=O)c1ccc(N)c(NC(C)c2ncc(C)s2)c1. The second-order valence-electron chi connectivity index (χ2n) is 4.47. The summed E-state index contributed by atoms with van der Waals surface area (Å²) in [7, 11) is 1.35. The molecule has 0 saturated heterocycles. The van der Waals surface area contributed by atoms with E-state index in [0.717, 1.165) is 9.88 Å². The fourth-order valence-electron chi connectivity index (χ4n) is 1.79. The molecule has 106 valence electrons. The fraction of sp³-hybridized carbons (Fsp3) is 0.286. The number of carbonyl (C=O) groups excluding carboxylic acids is 1. The molecule has 0 amide bonds. The summed E-state index contributed by atoms with van der Waals surface area (Å²) in [6, 6.07) is 5.04. The largest absolute Gasteiger partial charge is 0.465 e. The van der Waals surface area contributed by atoms with Crippen molar-refractivity contribution in [3.63, 3.8) is 0 Å². The molecule has 0 aliphatic heterocycles. The molecule has 0 bridgehead atoms. The average Bonchev–Trinajstić information content (AvgIpc) is 2.87. The van der Waals surface area contributed by atoms with Gasteiger partial charge < -0.3 is 15.8 Å². The molecule has 1 aromatic heterocycles. The number of aryl methyl sites for hydroxylation is 1. The fourth-order valence-corrected chi connectivity index (χ4v) is 2.57. The van der Waals surface area contributed by atoms with Crippen molar-refractivity contribution in [1.29, 1.82) is 0 Å². The molecule has 20 heavy (non-hydrogen) atoms. The van der Waals surface area contributed by atoms with E-state index in [-0.39, 0.29) is 12.0 Å². The first-order valence-corrected chi connectivity index (χ1v) is 6.99. The van der Waals surface area contributed by atoms with Gasteiger partial charge in [0.1, 0.15) is 5.01 Å². The van der Waals surface area contributed by atoms with Gasteiger partial charge in [-0.2, -0.15) is 0 Å². The Morgan fingerprint density at radius 2 is 2.25 bits per heavy atom. The minimum absolute atomic E-state index is 0.0175. The molecule has 1 heterocycles. The van der Waals surface area contributed by atoms with Crippen LogP contribution in [0.5, 0.6) is 0 Å². The second kappa shape index (κ2) is 5.92. The van der Waals surface area contributed by atoms with E-state index >= 15 is 0 Å². The minimum atomic E-state index is -0.384. The van der Waals surface area contributed by atoms with Crippen molar-refractivity contribution in [2.45, 2.75) is 19.9 Å². The summed E-state index contributed by atoms with van der Waals surface area (Å²) < 4.78 is 4.71. The van der Waals surface area contributed by atoms with E-state index in [9.17, 15) is 4.79 Å².